The average Bonchev–Trinajstić information content (AvgIpc) is 3.14. The van der Waals surface area contributed by atoms with Crippen LogP contribution in [0.25, 0.3) is 5.52 Å². The second-order valence-corrected chi connectivity index (χ2v) is 11.1. The van der Waals surface area contributed by atoms with Gasteiger partial charge in [-0.3, -0.25) is 9.48 Å². The van der Waals surface area contributed by atoms with Crippen LogP contribution in [0.3, 0.4) is 0 Å². The molecule has 5 heterocycles. The van der Waals surface area contributed by atoms with E-state index in [1.54, 1.807) is 23.0 Å². The van der Waals surface area contributed by atoms with Crippen molar-refractivity contribution in [2.24, 2.45) is 5.92 Å². The summed E-state index contributed by atoms with van der Waals surface area (Å²) < 4.78 is 48.7. The average molecular weight is 546 g/mol. The molecule has 9 nitrogen and oxygen atoms in total. The Morgan fingerprint density at radius 2 is 2.18 bits per heavy atom. The van der Waals surface area contributed by atoms with Crippen molar-refractivity contribution in [3.8, 4) is 11.8 Å². The number of thioether (sulfide) groups is 1. The van der Waals surface area contributed by atoms with Crippen LogP contribution < -0.4 is 10.6 Å². The molecule has 3 aromatic rings. The smallest absolute Gasteiger partial charge is 0.377 e. The molecule has 1 aliphatic carbocycles. The number of carbonyl (C=O) groups is 1. The maximum absolute atomic E-state index is 13.5. The number of halogens is 3. The Bertz CT molecular complexity index is 1440. The van der Waals surface area contributed by atoms with Gasteiger partial charge in [-0.2, -0.15) is 23.4 Å². The minimum Gasteiger partial charge on any atom is -0.377 e. The van der Waals surface area contributed by atoms with E-state index in [0.29, 0.717) is 36.0 Å². The minimum atomic E-state index is -4.50. The lowest BCUT2D eigenvalue weighted by Gasteiger charge is -2.30. The Labute approximate surface area is 221 Å². The molecule has 200 valence electrons. The predicted molar refractivity (Wildman–Crippen MR) is 135 cm³/mol. The monoisotopic (exact) mass is 545 g/mol. The molecule has 0 aromatic carbocycles. The first-order valence-corrected chi connectivity index (χ1v) is 13.2. The molecule has 38 heavy (non-hydrogen) atoms. The van der Waals surface area contributed by atoms with E-state index < -0.39 is 5.51 Å². The van der Waals surface area contributed by atoms with Crippen molar-refractivity contribution in [3.63, 3.8) is 0 Å². The summed E-state index contributed by atoms with van der Waals surface area (Å²) >= 11 is -0.227. The van der Waals surface area contributed by atoms with Gasteiger partial charge in [-0.25, -0.2) is 4.52 Å². The summed E-state index contributed by atoms with van der Waals surface area (Å²) in [6, 6.07) is 5.30. The predicted octanol–water partition coefficient (Wildman–Crippen LogP) is 3.00. The molecule has 0 spiro atoms. The second kappa shape index (κ2) is 9.52. The number of ether oxygens (including phenoxy) is 1. The maximum atomic E-state index is 13.5. The summed E-state index contributed by atoms with van der Waals surface area (Å²) in [7, 11) is 2.10. The number of likely N-dealkylation sites (tertiary alicyclic amines) is 1. The molecule has 0 unspecified atom stereocenters. The quantitative estimate of drug-likeness (QED) is 0.364. The normalized spacial score (nSPS) is 23.3. The number of nitrogens with one attached hydrogen (secondary N) is 2. The van der Waals surface area contributed by atoms with Gasteiger partial charge in [-0.15, -0.1) is 0 Å². The topological polar surface area (TPSA) is 88.7 Å². The standard InChI is InChI=1S/C25H26F3N7O2S/c1-33-9-7-24(10-17(24)13-33)31-21-6-2-5-20-22(38-25(26,27)28)19(32-35(20)21)4-3-8-29-23(36)16-11-30-34(12-16)18-14-37-15-18/h2,5-6,11-12,17-18,31H,7-10,13-15H2,1H3,(H,29,36)/t17-,24+/m1/s1. The van der Waals surface area contributed by atoms with Crippen LogP contribution in [0.15, 0.2) is 35.5 Å². The number of aromatic nitrogens is 4. The highest BCUT2D eigenvalue weighted by molar-refractivity contribution is 8.00. The van der Waals surface area contributed by atoms with Gasteiger partial charge in [-0.1, -0.05) is 12.0 Å². The van der Waals surface area contributed by atoms with Crippen molar-refractivity contribution in [2.75, 3.05) is 45.2 Å². The summed E-state index contributed by atoms with van der Waals surface area (Å²) in [5, 5.41) is 14.9. The molecular weight excluding hydrogens is 519 g/mol. The molecule has 2 atom stereocenters. The van der Waals surface area contributed by atoms with Crippen LogP contribution >= 0.6 is 11.8 Å². The molecule has 0 radical (unpaired) electrons. The molecule has 2 N–H and O–H groups in total. The number of pyridine rings is 1. The first-order valence-electron chi connectivity index (χ1n) is 12.3. The van der Waals surface area contributed by atoms with E-state index in [1.165, 1.54) is 10.7 Å². The van der Waals surface area contributed by atoms with Gasteiger partial charge in [0.2, 0.25) is 0 Å². The highest BCUT2D eigenvalue weighted by Gasteiger charge is 2.56. The van der Waals surface area contributed by atoms with Gasteiger partial charge in [0.1, 0.15) is 11.5 Å². The Hall–Kier alpha value is -3.21. The lowest BCUT2D eigenvalue weighted by atomic mass is 10.1. The zero-order valence-corrected chi connectivity index (χ0v) is 21.4. The number of rotatable bonds is 6. The van der Waals surface area contributed by atoms with Gasteiger partial charge in [0.15, 0.2) is 0 Å². The van der Waals surface area contributed by atoms with Gasteiger partial charge in [0.05, 0.1) is 48.0 Å². The van der Waals surface area contributed by atoms with Crippen molar-refractivity contribution in [1.82, 2.24) is 29.6 Å². The minimum absolute atomic E-state index is 0.0156. The Balaban J connectivity index is 1.21. The van der Waals surface area contributed by atoms with Gasteiger partial charge < -0.3 is 20.3 Å². The van der Waals surface area contributed by atoms with Crippen LogP contribution in [-0.2, 0) is 4.74 Å². The number of anilines is 1. The van der Waals surface area contributed by atoms with Crippen molar-refractivity contribution in [1.29, 1.82) is 0 Å². The summed E-state index contributed by atoms with van der Waals surface area (Å²) in [6.45, 7) is 3.02. The van der Waals surface area contributed by atoms with Crippen molar-refractivity contribution >= 4 is 29.0 Å². The summed E-state index contributed by atoms with van der Waals surface area (Å²) in [5.41, 5.74) is -3.82. The number of carbonyl (C=O) groups excluding carboxylic acids is 1. The summed E-state index contributed by atoms with van der Waals surface area (Å²) in [4.78, 5) is 14.7. The zero-order valence-electron chi connectivity index (χ0n) is 20.6. The van der Waals surface area contributed by atoms with Crippen molar-refractivity contribution < 1.29 is 22.7 Å². The van der Waals surface area contributed by atoms with E-state index >= 15 is 0 Å². The van der Waals surface area contributed by atoms with Crippen LogP contribution in [0, 0.1) is 17.8 Å². The fraction of sp³-hybridized carbons (Fsp3) is 0.480. The lowest BCUT2D eigenvalue weighted by Crippen LogP contribution is -2.39. The molecule has 1 saturated carbocycles. The third kappa shape index (κ3) is 4.95. The van der Waals surface area contributed by atoms with Crippen LogP contribution in [0.2, 0.25) is 0 Å². The Kier molecular flexibility index (Phi) is 6.28. The molecule has 2 aliphatic heterocycles. The van der Waals surface area contributed by atoms with E-state index in [4.69, 9.17) is 4.74 Å². The van der Waals surface area contributed by atoms with Crippen molar-refractivity contribution in [2.45, 2.75) is 34.8 Å². The fourth-order valence-electron chi connectivity index (χ4n) is 5.08. The van der Waals surface area contributed by atoms with Gasteiger partial charge >= 0.3 is 5.51 Å². The summed E-state index contributed by atoms with van der Waals surface area (Å²) in [5.74, 6) is 6.28. The third-order valence-electron chi connectivity index (χ3n) is 7.31. The van der Waals surface area contributed by atoms with E-state index in [0.717, 1.165) is 25.9 Å². The maximum Gasteiger partial charge on any atom is 0.446 e. The number of alkyl halides is 3. The number of amides is 1. The molecular formula is C25H26F3N7O2S. The van der Waals surface area contributed by atoms with Gasteiger partial charge in [0.25, 0.3) is 5.91 Å². The fourth-order valence-corrected chi connectivity index (χ4v) is 5.76. The zero-order chi connectivity index (χ0) is 26.5. The summed E-state index contributed by atoms with van der Waals surface area (Å²) in [6.07, 6.45) is 5.09. The molecule has 0 bridgehead atoms. The highest BCUT2D eigenvalue weighted by Crippen LogP contribution is 2.51. The molecule has 3 aliphatic rings. The van der Waals surface area contributed by atoms with Gasteiger partial charge in [0, 0.05) is 24.8 Å². The molecule has 3 fully saturated rings. The van der Waals surface area contributed by atoms with E-state index in [-0.39, 0.29) is 46.4 Å². The van der Waals surface area contributed by atoms with Crippen LogP contribution in [-0.4, -0.2) is 81.1 Å². The lowest BCUT2D eigenvalue weighted by molar-refractivity contribution is -0.0328. The molecule has 6 rings (SSSR count). The largest absolute Gasteiger partial charge is 0.446 e. The molecule has 2 saturated heterocycles. The number of hydrogen-bond donors (Lipinski definition) is 2. The Morgan fingerprint density at radius 3 is 2.92 bits per heavy atom. The number of hydrogen-bond acceptors (Lipinski definition) is 7. The van der Waals surface area contributed by atoms with Crippen LogP contribution in [0.4, 0.5) is 19.0 Å². The van der Waals surface area contributed by atoms with Crippen LogP contribution in [0.5, 0.6) is 0 Å². The first-order chi connectivity index (χ1) is 18.2. The van der Waals surface area contributed by atoms with Crippen LogP contribution in [0.1, 0.15) is 34.9 Å². The number of fused-ring (bicyclic) bond motifs is 2. The van der Waals surface area contributed by atoms with E-state index in [2.05, 4.69) is 44.6 Å². The third-order valence-corrected chi connectivity index (χ3v) is 8.15. The highest BCUT2D eigenvalue weighted by atomic mass is 32.2. The number of piperidine rings is 1. The van der Waals surface area contributed by atoms with E-state index in [9.17, 15) is 18.0 Å². The number of nitrogens with zero attached hydrogens (tertiary/aromatic N) is 5. The van der Waals surface area contributed by atoms with E-state index in [1.807, 2.05) is 6.07 Å². The van der Waals surface area contributed by atoms with Gasteiger partial charge in [-0.05, 0) is 55.6 Å². The Morgan fingerprint density at radius 1 is 1.34 bits per heavy atom. The first kappa shape index (κ1) is 25.1. The molecule has 1 amide bonds. The van der Waals surface area contributed by atoms with Crippen molar-refractivity contribution in [3.05, 3.63) is 41.9 Å². The SMILES string of the molecule is CN1CC[C@]2(Nc3cccc4c(SC(F)(F)F)c(C#CCNC(=O)c5cnn(C6COC6)c5)nn34)C[C@@H]2C1. The second-order valence-electron chi connectivity index (χ2n) is 10.0. The molecule has 13 heteroatoms. The molecule has 3 aromatic heterocycles.